The van der Waals surface area contributed by atoms with Crippen LogP contribution in [0.2, 0.25) is 0 Å². The van der Waals surface area contributed by atoms with Crippen LogP contribution in [0, 0.1) is 11.3 Å². The maximum absolute atomic E-state index is 3.58. The molecule has 0 aromatic rings. The van der Waals surface area contributed by atoms with Crippen LogP contribution >= 0.6 is 0 Å². The SMILES string of the molecule is CCCC1CCN(CC(C)(C)CNC(C)C)CC1. The van der Waals surface area contributed by atoms with Crippen LogP contribution in [0.15, 0.2) is 0 Å². The fourth-order valence-corrected chi connectivity index (χ4v) is 2.98. The molecule has 2 heteroatoms. The Labute approximate surface area is 115 Å². The van der Waals surface area contributed by atoms with Crippen molar-refractivity contribution < 1.29 is 0 Å². The van der Waals surface area contributed by atoms with Crippen molar-refractivity contribution in [1.82, 2.24) is 10.2 Å². The van der Waals surface area contributed by atoms with E-state index < -0.39 is 0 Å². The zero-order valence-corrected chi connectivity index (χ0v) is 13.3. The normalized spacial score (nSPS) is 19.7. The molecular formula is C16H34N2. The largest absolute Gasteiger partial charge is 0.314 e. The van der Waals surface area contributed by atoms with Crippen molar-refractivity contribution in [3.05, 3.63) is 0 Å². The Morgan fingerprint density at radius 3 is 2.33 bits per heavy atom. The molecule has 0 radical (unpaired) electrons. The lowest BCUT2D eigenvalue weighted by Gasteiger charge is -2.38. The number of piperidine rings is 1. The molecule has 1 fully saturated rings. The molecule has 1 N–H and O–H groups in total. The average Bonchev–Trinajstić information content (AvgIpc) is 2.29. The molecule has 2 nitrogen and oxygen atoms in total. The Balaban J connectivity index is 2.26. The van der Waals surface area contributed by atoms with Crippen LogP contribution in [-0.4, -0.2) is 37.1 Å². The van der Waals surface area contributed by atoms with Gasteiger partial charge in [0.15, 0.2) is 0 Å². The summed E-state index contributed by atoms with van der Waals surface area (Å²) in [6.45, 7) is 16.5. The van der Waals surface area contributed by atoms with E-state index in [9.17, 15) is 0 Å². The zero-order valence-electron chi connectivity index (χ0n) is 13.3. The van der Waals surface area contributed by atoms with Gasteiger partial charge >= 0.3 is 0 Å². The molecule has 1 saturated heterocycles. The molecule has 18 heavy (non-hydrogen) atoms. The van der Waals surface area contributed by atoms with E-state index in [1.165, 1.54) is 45.3 Å². The minimum Gasteiger partial charge on any atom is -0.314 e. The summed E-state index contributed by atoms with van der Waals surface area (Å²) < 4.78 is 0. The molecule has 1 aliphatic heterocycles. The maximum Gasteiger partial charge on any atom is 0.00448 e. The van der Waals surface area contributed by atoms with Gasteiger partial charge in [-0.05, 0) is 37.3 Å². The van der Waals surface area contributed by atoms with Crippen LogP contribution < -0.4 is 5.32 Å². The van der Waals surface area contributed by atoms with Crippen molar-refractivity contribution in [2.75, 3.05) is 26.2 Å². The lowest BCUT2D eigenvalue weighted by Crippen LogP contribution is -2.44. The molecular weight excluding hydrogens is 220 g/mol. The number of nitrogens with one attached hydrogen (secondary N) is 1. The lowest BCUT2D eigenvalue weighted by atomic mass is 9.88. The fourth-order valence-electron chi connectivity index (χ4n) is 2.98. The second kappa shape index (κ2) is 7.49. The van der Waals surface area contributed by atoms with Gasteiger partial charge in [0.2, 0.25) is 0 Å². The third-order valence-electron chi connectivity index (χ3n) is 4.04. The molecule has 0 bridgehead atoms. The van der Waals surface area contributed by atoms with Gasteiger partial charge in [-0.2, -0.15) is 0 Å². The van der Waals surface area contributed by atoms with Crippen molar-refractivity contribution in [2.45, 2.75) is 66.3 Å². The van der Waals surface area contributed by atoms with E-state index in [1.807, 2.05) is 0 Å². The molecule has 1 aliphatic rings. The van der Waals surface area contributed by atoms with E-state index in [2.05, 4.69) is 44.8 Å². The van der Waals surface area contributed by atoms with Crippen LogP contribution in [0.25, 0.3) is 0 Å². The number of hydrogen-bond acceptors (Lipinski definition) is 2. The van der Waals surface area contributed by atoms with Crippen LogP contribution in [0.4, 0.5) is 0 Å². The highest BCUT2D eigenvalue weighted by Gasteiger charge is 2.25. The summed E-state index contributed by atoms with van der Waals surface area (Å²) in [5, 5.41) is 3.58. The maximum atomic E-state index is 3.58. The molecule has 0 spiro atoms. The van der Waals surface area contributed by atoms with Crippen LogP contribution in [0.3, 0.4) is 0 Å². The lowest BCUT2D eigenvalue weighted by molar-refractivity contribution is 0.123. The Morgan fingerprint density at radius 2 is 1.83 bits per heavy atom. The van der Waals surface area contributed by atoms with Gasteiger partial charge in [-0.1, -0.05) is 47.5 Å². The molecule has 0 aliphatic carbocycles. The van der Waals surface area contributed by atoms with Gasteiger partial charge in [0, 0.05) is 19.1 Å². The van der Waals surface area contributed by atoms with Gasteiger partial charge in [0.05, 0.1) is 0 Å². The second-order valence-electron chi connectivity index (χ2n) is 7.21. The Bertz CT molecular complexity index is 215. The summed E-state index contributed by atoms with van der Waals surface area (Å²) in [5.41, 5.74) is 0.391. The highest BCUT2D eigenvalue weighted by Crippen LogP contribution is 2.24. The molecule has 108 valence electrons. The van der Waals surface area contributed by atoms with E-state index >= 15 is 0 Å². The monoisotopic (exact) mass is 254 g/mol. The number of likely N-dealkylation sites (tertiary alicyclic amines) is 1. The summed E-state index contributed by atoms with van der Waals surface area (Å²) in [4.78, 5) is 2.67. The second-order valence-corrected chi connectivity index (χ2v) is 7.21. The predicted molar refractivity (Wildman–Crippen MR) is 81.0 cm³/mol. The summed E-state index contributed by atoms with van der Waals surface area (Å²) >= 11 is 0. The van der Waals surface area contributed by atoms with E-state index in [4.69, 9.17) is 0 Å². The first-order valence-electron chi connectivity index (χ1n) is 7.88. The molecule has 0 amide bonds. The topological polar surface area (TPSA) is 15.3 Å². The van der Waals surface area contributed by atoms with Gasteiger partial charge < -0.3 is 10.2 Å². The Morgan fingerprint density at radius 1 is 1.22 bits per heavy atom. The number of nitrogens with zero attached hydrogens (tertiary/aromatic N) is 1. The fraction of sp³-hybridized carbons (Fsp3) is 1.00. The van der Waals surface area contributed by atoms with Crippen LogP contribution in [-0.2, 0) is 0 Å². The summed E-state index contributed by atoms with van der Waals surface area (Å²) in [6, 6.07) is 0.597. The third-order valence-corrected chi connectivity index (χ3v) is 4.04. The Hall–Kier alpha value is -0.0800. The van der Waals surface area contributed by atoms with E-state index in [0.29, 0.717) is 11.5 Å². The van der Waals surface area contributed by atoms with Gasteiger partial charge in [-0.25, -0.2) is 0 Å². The van der Waals surface area contributed by atoms with Gasteiger partial charge in [-0.15, -0.1) is 0 Å². The standard InChI is InChI=1S/C16H34N2/c1-6-7-15-8-10-18(11-9-15)13-16(4,5)12-17-14(2)3/h14-15,17H,6-13H2,1-5H3. The first-order chi connectivity index (χ1) is 8.43. The average molecular weight is 254 g/mol. The quantitative estimate of drug-likeness (QED) is 0.748. The van der Waals surface area contributed by atoms with Gasteiger partial charge in [-0.3, -0.25) is 0 Å². The smallest absolute Gasteiger partial charge is 0.00448 e. The van der Waals surface area contributed by atoms with Crippen molar-refractivity contribution >= 4 is 0 Å². The highest BCUT2D eigenvalue weighted by atomic mass is 15.1. The number of rotatable bonds is 7. The van der Waals surface area contributed by atoms with Crippen molar-refractivity contribution in [1.29, 1.82) is 0 Å². The minimum absolute atomic E-state index is 0.391. The van der Waals surface area contributed by atoms with E-state index in [-0.39, 0.29) is 0 Å². The first-order valence-corrected chi connectivity index (χ1v) is 7.88. The van der Waals surface area contributed by atoms with E-state index in [0.717, 1.165) is 12.5 Å². The van der Waals surface area contributed by atoms with Gasteiger partial charge in [0.1, 0.15) is 0 Å². The molecule has 0 saturated carbocycles. The molecule has 0 unspecified atom stereocenters. The van der Waals surface area contributed by atoms with E-state index in [1.54, 1.807) is 0 Å². The van der Waals surface area contributed by atoms with Crippen molar-refractivity contribution in [3.63, 3.8) is 0 Å². The molecule has 0 atom stereocenters. The molecule has 0 aromatic heterocycles. The molecule has 0 aromatic carbocycles. The Kier molecular flexibility index (Phi) is 6.65. The summed E-state index contributed by atoms with van der Waals surface area (Å²) in [7, 11) is 0. The van der Waals surface area contributed by atoms with Crippen LogP contribution in [0.1, 0.15) is 60.3 Å². The highest BCUT2D eigenvalue weighted by molar-refractivity contribution is 4.80. The number of hydrogen-bond donors (Lipinski definition) is 1. The first kappa shape index (κ1) is 16.0. The third kappa shape index (κ3) is 6.19. The molecule has 1 rings (SSSR count). The van der Waals surface area contributed by atoms with Gasteiger partial charge in [0.25, 0.3) is 0 Å². The zero-order chi connectivity index (χ0) is 13.6. The molecule has 1 heterocycles. The van der Waals surface area contributed by atoms with Crippen molar-refractivity contribution in [2.24, 2.45) is 11.3 Å². The predicted octanol–water partition coefficient (Wildman–Crippen LogP) is 3.52. The van der Waals surface area contributed by atoms with Crippen molar-refractivity contribution in [3.8, 4) is 0 Å². The van der Waals surface area contributed by atoms with Crippen LogP contribution in [0.5, 0.6) is 0 Å². The minimum atomic E-state index is 0.391. The summed E-state index contributed by atoms with van der Waals surface area (Å²) in [5.74, 6) is 1.00. The summed E-state index contributed by atoms with van der Waals surface area (Å²) in [6.07, 6.45) is 5.63.